The summed E-state index contributed by atoms with van der Waals surface area (Å²) in [4.78, 5) is 12.7. The number of fused-ring (bicyclic) bond motifs is 1. The summed E-state index contributed by atoms with van der Waals surface area (Å²) in [5.41, 5.74) is 4.24. The Morgan fingerprint density at radius 2 is 1.97 bits per heavy atom. The number of nitrogens with zero attached hydrogens (tertiary/aromatic N) is 4. The molecule has 4 rings (SSSR count). The average Bonchev–Trinajstić information content (AvgIpc) is 3.20. The van der Waals surface area contributed by atoms with Crippen LogP contribution in [0.2, 0.25) is 0 Å². The lowest BCUT2D eigenvalue weighted by atomic mass is 9.95. The molecule has 0 aliphatic carbocycles. The molecule has 1 unspecified atom stereocenters. The van der Waals surface area contributed by atoms with E-state index in [1.54, 1.807) is 11.6 Å². The summed E-state index contributed by atoms with van der Waals surface area (Å²) in [5.74, 6) is 0.762. The maximum absolute atomic E-state index is 12.7. The SMILES string of the molecule is CCOC(=O)C1=C(C)Nc2nnnn2C1c1cccc(OCc2ccc(C)cc2)c1. The molecule has 0 saturated carbocycles. The third-order valence-electron chi connectivity index (χ3n) is 4.91. The molecule has 8 nitrogen and oxygen atoms in total. The molecular formula is C22H23N5O3. The van der Waals surface area contributed by atoms with Crippen molar-refractivity contribution in [2.75, 3.05) is 11.9 Å². The molecule has 1 atom stereocenters. The number of tetrazole rings is 1. The largest absolute Gasteiger partial charge is 0.489 e. The summed E-state index contributed by atoms with van der Waals surface area (Å²) < 4.78 is 12.9. The molecule has 8 heteroatoms. The maximum atomic E-state index is 12.7. The molecule has 3 aromatic rings. The summed E-state index contributed by atoms with van der Waals surface area (Å²) in [7, 11) is 0. The molecule has 1 aliphatic heterocycles. The second-order valence-electron chi connectivity index (χ2n) is 7.08. The van der Waals surface area contributed by atoms with Crippen molar-refractivity contribution in [1.29, 1.82) is 0 Å². The Hall–Kier alpha value is -3.68. The van der Waals surface area contributed by atoms with E-state index >= 15 is 0 Å². The first-order chi connectivity index (χ1) is 14.6. The van der Waals surface area contributed by atoms with Crippen molar-refractivity contribution in [2.24, 2.45) is 0 Å². The zero-order chi connectivity index (χ0) is 21.1. The van der Waals surface area contributed by atoms with Crippen LogP contribution in [0.5, 0.6) is 5.75 Å². The molecule has 154 valence electrons. The van der Waals surface area contributed by atoms with Gasteiger partial charge in [0.25, 0.3) is 0 Å². The van der Waals surface area contributed by atoms with Gasteiger partial charge >= 0.3 is 5.97 Å². The summed E-state index contributed by atoms with van der Waals surface area (Å²) in [5, 5.41) is 14.9. The third kappa shape index (κ3) is 3.89. The number of nitrogens with one attached hydrogen (secondary N) is 1. The van der Waals surface area contributed by atoms with E-state index in [9.17, 15) is 4.79 Å². The summed E-state index contributed by atoms with van der Waals surface area (Å²) in [6, 6.07) is 15.3. The highest BCUT2D eigenvalue weighted by Crippen LogP contribution is 2.36. The predicted octanol–water partition coefficient (Wildman–Crippen LogP) is 3.41. The van der Waals surface area contributed by atoms with Crippen molar-refractivity contribution in [3.8, 4) is 5.75 Å². The second kappa shape index (κ2) is 8.36. The van der Waals surface area contributed by atoms with Gasteiger partial charge in [0, 0.05) is 5.70 Å². The van der Waals surface area contributed by atoms with Crippen molar-refractivity contribution in [1.82, 2.24) is 20.2 Å². The van der Waals surface area contributed by atoms with Crippen LogP contribution in [0.4, 0.5) is 5.95 Å². The molecule has 2 aromatic carbocycles. The van der Waals surface area contributed by atoms with Crippen LogP contribution >= 0.6 is 0 Å². The minimum atomic E-state index is -0.516. The maximum Gasteiger partial charge on any atom is 0.338 e. The van der Waals surface area contributed by atoms with Crippen LogP contribution in [0.15, 0.2) is 59.8 Å². The van der Waals surface area contributed by atoms with Crippen molar-refractivity contribution >= 4 is 11.9 Å². The number of allylic oxidation sites excluding steroid dienone is 1. The number of hydrogen-bond donors (Lipinski definition) is 1. The van der Waals surface area contributed by atoms with E-state index in [0.717, 1.165) is 11.1 Å². The first-order valence-corrected chi connectivity index (χ1v) is 9.78. The van der Waals surface area contributed by atoms with Crippen molar-refractivity contribution < 1.29 is 14.3 Å². The lowest BCUT2D eigenvalue weighted by Crippen LogP contribution is -2.29. The van der Waals surface area contributed by atoms with Crippen molar-refractivity contribution in [3.63, 3.8) is 0 Å². The average molecular weight is 405 g/mol. The third-order valence-corrected chi connectivity index (χ3v) is 4.91. The number of carbonyl (C=O) groups excluding carboxylic acids is 1. The van der Waals surface area contributed by atoms with E-state index in [4.69, 9.17) is 9.47 Å². The van der Waals surface area contributed by atoms with Gasteiger partial charge in [-0.3, -0.25) is 0 Å². The van der Waals surface area contributed by atoms with Crippen LogP contribution in [0.25, 0.3) is 0 Å². The fraction of sp³-hybridized carbons (Fsp3) is 0.273. The van der Waals surface area contributed by atoms with Gasteiger partial charge in [0.2, 0.25) is 5.95 Å². The fourth-order valence-corrected chi connectivity index (χ4v) is 3.42. The molecule has 0 saturated heterocycles. The van der Waals surface area contributed by atoms with Crippen LogP contribution < -0.4 is 10.1 Å². The molecule has 1 aromatic heterocycles. The van der Waals surface area contributed by atoms with Gasteiger partial charge in [0.1, 0.15) is 18.4 Å². The summed E-state index contributed by atoms with van der Waals surface area (Å²) in [6.07, 6.45) is 0. The van der Waals surface area contributed by atoms with Crippen molar-refractivity contribution in [2.45, 2.75) is 33.4 Å². The van der Waals surface area contributed by atoms with Gasteiger partial charge in [-0.1, -0.05) is 47.1 Å². The Balaban J connectivity index is 1.65. The summed E-state index contributed by atoms with van der Waals surface area (Å²) in [6.45, 7) is 6.38. The molecule has 0 fully saturated rings. The molecule has 0 bridgehead atoms. The van der Waals surface area contributed by atoms with Crippen LogP contribution in [0.3, 0.4) is 0 Å². The number of carbonyl (C=O) groups is 1. The van der Waals surface area contributed by atoms with Crippen LogP contribution in [-0.4, -0.2) is 32.8 Å². The predicted molar refractivity (Wildman–Crippen MR) is 111 cm³/mol. The van der Waals surface area contributed by atoms with Gasteiger partial charge in [-0.2, -0.15) is 4.68 Å². The molecule has 0 radical (unpaired) electrons. The topological polar surface area (TPSA) is 91.2 Å². The zero-order valence-electron chi connectivity index (χ0n) is 17.1. The van der Waals surface area contributed by atoms with Gasteiger partial charge in [-0.15, -0.1) is 0 Å². The molecule has 0 spiro atoms. The smallest absolute Gasteiger partial charge is 0.338 e. The van der Waals surface area contributed by atoms with E-state index in [0.29, 0.717) is 29.6 Å². The quantitative estimate of drug-likeness (QED) is 0.628. The highest BCUT2D eigenvalue weighted by molar-refractivity contribution is 5.92. The van der Waals surface area contributed by atoms with Crippen LogP contribution in [-0.2, 0) is 16.1 Å². The van der Waals surface area contributed by atoms with Gasteiger partial charge < -0.3 is 14.8 Å². The Kier molecular flexibility index (Phi) is 5.47. The molecule has 1 aliphatic rings. The molecule has 30 heavy (non-hydrogen) atoms. The molecule has 1 N–H and O–H groups in total. The molecular weight excluding hydrogens is 382 g/mol. The zero-order valence-corrected chi connectivity index (χ0v) is 17.1. The highest BCUT2D eigenvalue weighted by Gasteiger charge is 2.35. The fourth-order valence-electron chi connectivity index (χ4n) is 3.42. The van der Waals surface area contributed by atoms with E-state index in [2.05, 4.69) is 39.9 Å². The van der Waals surface area contributed by atoms with Gasteiger partial charge in [0.05, 0.1) is 12.2 Å². The van der Waals surface area contributed by atoms with Crippen LogP contribution in [0, 0.1) is 6.92 Å². The van der Waals surface area contributed by atoms with Gasteiger partial charge in [-0.05, 0) is 54.5 Å². The number of benzene rings is 2. The lowest BCUT2D eigenvalue weighted by Gasteiger charge is -2.27. The Bertz CT molecular complexity index is 1090. The van der Waals surface area contributed by atoms with E-state index in [-0.39, 0.29) is 6.61 Å². The number of esters is 1. The Morgan fingerprint density at radius 3 is 2.73 bits per heavy atom. The standard InChI is InChI=1S/C22H23N5O3/c1-4-29-21(28)19-15(3)23-22-24-25-26-27(22)20(19)17-6-5-7-18(12-17)30-13-16-10-8-14(2)9-11-16/h5-12,20H,4,13H2,1-3H3,(H,23,24,26). The lowest BCUT2D eigenvalue weighted by molar-refractivity contribution is -0.139. The van der Waals surface area contributed by atoms with Gasteiger partial charge in [0.15, 0.2) is 0 Å². The number of aryl methyl sites for hydroxylation is 1. The highest BCUT2D eigenvalue weighted by atomic mass is 16.5. The Labute approximate surface area is 174 Å². The van der Waals surface area contributed by atoms with Crippen LogP contribution in [0.1, 0.15) is 36.6 Å². The number of ether oxygens (including phenoxy) is 2. The number of rotatable bonds is 6. The van der Waals surface area contributed by atoms with Gasteiger partial charge in [-0.25, -0.2) is 4.79 Å². The number of anilines is 1. The van der Waals surface area contributed by atoms with E-state index in [1.165, 1.54) is 5.56 Å². The number of aromatic nitrogens is 4. The first kappa shape index (κ1) is 19.6. The number of hydrogen-bond acceptors (Lipinski definition) is 7. The van der Waals surface area contributed by atoms with E-state index < -0.39 is 12.0 Å². The second-order valence-corrected chi connectivity index (χ2v) is 7.08. The van der Waals surface area contributed by atoms with E-state index in [1.807, 2.05) is 43.3 Å². The Morgan fingerprint density at radius 1 is 1.17 bits per heavy atom. The molecule has 0 amide bonds. The normalized spacial score (nSPS) is 15.4. The first-order valence-electron chi connectivity index (χ1n) is 9.78. The monoisotopic (exact) mass is 405 g/mol. The summed E-state index contributed by atoms with van der Waals surface area (Å²) >= 11 is 0. The molecule has 2 heterocycles. The van der Waals surface area contributed by atoms with Crippen molar-refractivity contribution in [3.05, 3.63) is 76.5 Å². The minimum absolute atomic E-state index is 0.282. The minimum Gasteiger partial charge on any atom is -0.489 e.